The second kappa shape index (κ2) is 9.59. The van der Waals surface area contributed by atoms with Gasteiger partial charge in [0, 0.05) is 23.7 Å². The zero-order valence-corrected chi connectivity index (χ0v) is 17.5. The molecule has 31 heavy (non-hydrogen) atoms. The van der Waals surface area contributed by atoms with Crippen LogP contribution in [0.3, 0.4) is 0 Å². The summed E-state index contributed by atoms with van der Waals surface area (Å²) in [4.78, 5) is 0. The largest absolute Gasteiger partial charge is 0.416 e. The molecule has 2 aromatic carbocycles. The van der Waals surface area contributed by atoms with E-state index in [1.165, 1.54) is 6.07 Å². The van der Waals surface area contributed by atoms with Crippen molar-refractivity contribution in [2.24, 2.45) is 11.7 Å². The molecule has 1 fully saturated rings. The minimum Gasteiger partial charge on any atom is -0.378 e. The van der Waals surface area contributed by atoms with Crippen LogP contribution in [0.2, 0.25) is 0 Å². The Hall–Kier alpha value is -2.09. The van der Waals surface area contributed by atoms with Gasteiger partial charge in [0.05, 0.1) is 23.8 Å². The molecule has 168 valence electrons. The molecule has 1 saturated heterocycles. The maximum Gasteiger partial charge on any atom is 0.416 e. The Labute approximate surface area is 181 Å². The number of hydrogen-bond donors (Lipinski definition) is 3. The van der Waals surface area contributed by atoms with Crippen molar-refractivity contribution < 1.29 is 17.9 Å². The van der Waals surface area contributed by atoms with Crippen LogP contribution in [0.15, 0.2) is 48.5 Å². The number of nitrogens with two attached hydrogens (primary N) is 1. The van der Waals surface area contributed by atoms with Crippen LogP contribution >= 0.6 is 0 Å². The minimum atomic E-state index is -4.38. The highest BCUT2D eigenvalue weighted by Gasteiger charge is 2.43. The molecule has 4 rings (SSSR count). The molecule has 4 nitrogen and oxygen atoms in total. The number of rotatable bonds is 7. The van der Waals surface area contributed by atoms with Gasteiger partial charge in [0.2, 0.25) is 0 Å². The van der Waals surface area contributed by atoms with Gasteiger partial charge in [0.25, 0.3) is 0 Å². The molecule has 0 aromatic heterocycles. The molecule has 2 aliphatic rings. The van der Waals surface area contributed by atoms with Crippen molar-refractivity contribution in [2.75, 3.05) is 25.0 Å². The number of halogens is 3. The molecular weight excluding hydrogens is 403 g/mol. The molecular formula is C24H30F3N3O. The predicted molar refractivity (Wildman–Crippen MR) is 116 cm³/mol. The summed E-state index contributed by atoms with van der Waals surface area (Å²) in [5, 5.41) is 6.91. The number of benzene rings is 2. The Morgan fingerprint density at radius 1 is 1.06 bits per heavy atom. The van der Waals surface area contributed by atoms with Gasteiger partial charge < -0.3 is 21.1 Å². The molecule has 0 bridgehead atoms. The lowest BCUT2D eigenvalue weighted by Gasteiger charge is -2.46. The average molecular weight is 434 g/mol. The van der Waals surface area contributed by atoms with E-state index in [2.05, 4.69) is 22.8 Å². The molecule has 2 aromatic rings. The van der Waals surface area contributed by atoms with E-state index in [1.54, 1.807) is 6.07 Å². The van der Waals surface area contributed by atoms with Gasteiger partial charge in [-0.25, -0.2) is 0 Å². The monoisotopic (exact) mass is 433 g/mol. The first-order valence-corrected chi connectivity index (χ1v) is 11.1. The van der Waals surface area contributed by atoms with Crippen LogP contribution in [0.5, 0.6) is 0 Å². The van der Waals surface area contributed by atoms with Crippen LogP contribution in [-0.4, -0.2) is 25.7 Å². The maximum atomic E-state index is 13.4. The van der Waals surface area contributed by atoms with Gasteiger partial charge in [-0.3, -0.25) is 0 Å². The Balaban J connectivity index is 1.58. The van der Waals surface area contributed by atoms with E-state index in [1.807, 2.05) is 18.2 Å². The van der Waals surface area contributed by atoms with Crippen molar-refractivity contribution in [1.82, 2.24) is 5.32 Å². The molecule has 0 spiro atoms. The summed E-state index contributed by atoms with van der Waals surface area (Å²) in [6.45, 7) is 2.25. The first-order valence-electron chi connectivity index (χ1n) is 11.1. The van der Waals surface area contributed by atoms with Crippen LogP contribution < -0.4 is 16.4 Å². The second-order valence-corrected chi connectivity index (χ2v) is 8.45. The second-order valence-electron chi connectivity index (χ2n) is 8.45. The Morgan fingerprint density at radius 3 is 2.61 bits per heavy atom. The number of ether oxygens (including phenoxy) is 1. The van der Waals surface area contributed by atoms with Crippen LogP contribution in [0.25, 0.3) is 0 Å². The summed E-state index contributed by atoms with van der Waals surface area (Å²) in [5.74, 6) is 0.0758. The highest BCUT2D eigenvalue weighted by molar-refractivity contribution is 5.58. The van der Waals surface area contributed by atoms with Gasteiger partial charge in [0.1, 0.15) is 0 Å². The number of hydrogen-bond acceptors (Lipinski definition) is 4. The number of unbranched alkanes of at least 4 members (excludes halogenated alkanes) is 1. The van der Waals surface area contributed by atoms with Crippen LogP contribution in [0, 0.1) is 5.92 Å². The highest BCUT2D eigenvalue weighted by Crippen LogP contribution is 2.51. The van der Waals surface area contributed by atoms with Gasteiger partial charge >= 0.3 is 6.18 Å². The van der Waals surface area contributed by atoms with E-state index in [9.17, 15) is 13.2 Å². The predicted octanol–water partition coefficient (Wildman–Crippen LogP) is 5.04. The fourth-order valence-electron chi connectivity index (χ4n) is 4.73. The summed E-state index contributed by atoms with van der Waals surface area (Å²) in [6.07, 6.45) is -1.01. The zero-order valence-electron chi connectivity index (χ0n) is 17.5. The summed E-state index contributed by atoms with van der Waals surface area (Å²) >= 11 is 0. The normalized spacial score (nSPS) is 25.4. The molecule has 0 saturated carbocycles. The van der Waals surface area contributed by atoms with E-state index in [4.69, 9.17) is 10.5 Å². The smallest absolute Gasteiger partial charge is 0.378 e. The Morgan fingerprint density at radius 2 is 1.87 bits per heavy atom. The highest BCUT2D eigenvalue weighted by atomic mass is 19.4. The first-order chi connectivity index (χ1) is 15.0. The summed E-state index contributed by atoms with van der Waals surface area (Å²) in [5.41, 5.74) is 7.37. The van der Waals surface area contributed by atoms with E-state index >= 15 is 0 Å². The van der Waals surface area contributed by atoms with E-state index in [-0.39, 0.29) is 24.2 Å². The van der Waals surface area contributed by atoms with Gasteiger partial charge in [-0.2, -0.15) is 13.2 Å². The van der Waals surface area contributed by atoms with Crippen LogP contribution in [0.4, 0.5) is 18.9 Å². The third-order valence-corrected chi connectivity index (χ3v) is 6.31. The fraction of sp³-hybridized carbons (Fsp3) is 0.500. The number of anilines is 1. The Kier molecular flexibility index (Phi) is 6.84. The van der Waals surface area contributed by atoms with Crippen molar-refractivity contribution in [3.8, 4) is 0 Å². The summed E-state index contributed by atoms with van der Waals surface area (Å²) in [7, 11) is 0. The lowest BCUT2D eigenvalue weighted by Crippen LogP contribution is -2.42. The molecule has 4 atom stereocenters. The number of alkyl halides is 3. The van der Waals surface area contributed by atoms with E-state index in [0.717, 1.165) is 49.5 Å². The van der Waals surface area contributed by atoms with Crippen molar-refractivity contribution in [1.29, 1.82) is 0 Å². The zero-order chi connectivity index (χ0) is 21.8. The van der Waals surface area contributed by atoms with E-state index < -0.39 is 11.7 Å². The van der Waals surface area contributed by atoms with Crippen LogP contribution in [-0.2, 0) is 10.9 Å². The molecule has 4 N–H and O–H groups in total. The molecule has 0 radical (unpaired) electrons. The van der Waals surface area contributed by atoms with Gasteiger partial charge in [0.15, 0.2) is 0 Å². The lowest BCUT2D eigenvalue weighted by molar-refractivity contribution is -0.138. The molecule has 0 amide bonds. The van der Waals surface area contributed by atoms with Crippen LogP contribution in [0.1, 0.15) is 54.5 Å². The molecule has 7 heteroatoms. The van der Waals surface area contributed by atoms with Gasteiger partial charge in [-0.05, 0) is 62.5 Å². The molecule has 2 aliphatic heterocycles. The maximum absolute atomic E-state index is 13.4. The number of fused-ring (bicyclic) bond motifs is 3. The topological polar surface area (TPSA) is 59.3 Å². The van der Waals surface area contributed by atoms with Gasteiger partial charge in [-0.15, -0.1) is 0 Å². The van der Waals surface area contributed by atoms with E-state index in [0.29, 0.717) is 18.7 Å². The molecule has 0 unspecified atom stereocenters. The van der Waals surface area contributed by atoms with Crippen molar-refractivity contribution in [3.05, 3.63) is 65.2 Å². The van der Waals surface area contributed by atoms with Crippen molar-refractivity contribution in [2.45, 2.75) is 50.1 Å². The SMILES string of the molecule is NCCCCNC[C@H]1CC[C@@H]2[C@H](O1)c1cc(C(F)(F)F)ccc1N[C@H]2c1ccccc1. The van der Waals surface area contributed by atoms with Gasteiger partial charge in [-0.1, -0.05) is 30.3 Å². The summed E-state index contributed by atoms with van der Waals surface area (Å²) < 4.78 is 46.6. The van der Waals surface area contributed by atoms with Crippen molar-refractivity contribution >= 4 is 5.69 Å². The average Bonchev–Trinajstić information content (AvgIpc) is 2.78. The summed E-state index contributed by atoms with van der Waals surface area (Å²) in [6, 6.07) is 14.0. The quantitative estimate of drug-likeness (QED) is 0.536. The van der Waals surface area contributed by atoms with Crippen molar-refractivity contribution in [3.63, 3.8) is 0 Å². The number of nitrogens with one attached hydrogen (secondary N) is 2. The molecule has 0 aliphatic carbocycles. The third kappa shape index (κ3) is 5.05. The standard InChI is InChI=1S/C24H30F3N3O/c25-24(26,27)17-8-11-21-20(14-17)23-19(22(30-21)16-6-2-1-3-7-16)10-9-18(31-23)15-29-13-5-4-12-28/h1-3,6-8,11,14,18-19,22-23,29-30H,4-5,9-10,12-13,15,28H2/t18-,19+,22+,23+/m1/s1. The third-order valence-electron chi connectivity index (χ3n) is 6.31. The fourth-order valence-corrected chi connectivity index (χ4v) is 4.73. The molecule has 2 heterocycles. The Bertz CT molecular complexity index is 859. The minimum absolute atomic E-state index is 0.00824. The first kappa shape index (κ1) is 22.1. The lowest BCUT2D eigenvalue weighted by atomic mass is 9.76.